The van der Waals surface area contributed by atoms with E-state index >= 15 is 0 Å². The molecule has 1 aromatic carbocycles. The third-order valence-electron chi connectivity index (χ3n) is 5.65. The number of rotatable bonds is 7. The summed E-state index contributed by atoms with van der Waals surface area (Å²) in [5.74, 6) is -0.173. The van der Waals surface area contributed by atoms with Crippen molar-refractivity contribution < 1.29 is 23.9 Å². The number of carbonyl (C=O) groups is 3. The Morgan fingerprint density at radius 1 is 1.14 bits per heavy atom. The number of thiophene rings is 1. The van der Waals surface area contributed by atoms with Gasteiger partial charge in [0.2, 0.25) is 5.95 Å². The van der Waals surface area contributed by atoms with E-state index in [1.807, 2.05) is 53.9 Å². The van der Waals surface area contributed by atoms with Gasteiger partial charge in [-0.15, -0.1) is 11.3 Å². The Morgan fingerprint density at radius 3 is 2.51 bits per heavy atom. The van der Waals surface area contributed by atoms with E-state index in [1.165, 1.54) is 11.3 Å². The van der Waals surface area contributed by atoms with E-state index in [9.17, 15) is 14.4 Å². The first kappa shape index (κ1) is 24.5. The maximum Gasteiger partial charge on any atom is 0.409 e. The molecule has 1 aliphatic rings. The van der Waals surface area contributed by atoms with Crippen molar-refractivity contribution in [1.82, 2.24) is 19.8 Å². The van der Waals surface area contributed by atoms with Crippen LogP contribution in [-0.2, 0) is 14.3 Å². The quantitative estimate of drug-likeness (QED) is 0.498. The summed E-state index contributed by atoms with van der Waals surface area (Å²) in [7, 11) is 3.83. The molecule has 0 aliphatic carbocycles. The molecule has 0 bridgehead atoms. The highest BCUT2D eigenvalue weighted by atomic mass is 32.1. The lowest BCUT2D eigenvalue weighted by Gasteiger charge is -2.31. The number of likely N-dealkylation sites (tertiary alicyclic amines) is 1. The van der Waals surface area contributed by atoms with Crippen LogP contribution < -0.4 is 10.2 Å². The number of para-hydroxylation sites is 1. The third-order valence-corrected chi connectivity index (χ3v) is 6.74. The van der Waals surface area contributed by atoms with E-state index in [0.717, 1.165) is 16.5 Å². The molecule has 11 heteroatoms. The van der Waals surface area contributed by atoms with Crippen molar-refractivity contribution in [2.45, 2.75) is 25.8 Å². The number of anilines is 1. The predicted molar refractivity (Wildman–Crippen MR) is 133 cm³/mol. The lowest BCUT2D eigenvalue weighted by atomic mass is 10.1. The van der Waals surface area contributed by atoms with Crippen LogP contribution in [0.2, 0.25) is 0 Å². The van der Waals surface area contributed by atoms with Crippen molar-refractivity contribution in [3.05, 3.63) is 41.3 Å². The molecule has 0 spiro atoms. The Labute approximate surface area is 207 Å². The average Bonchev–Trinajstić information content (AvgIpc) is 3.42. The van der Waals surface area contributed by atoms with Crippen molar-refractivity contribution in [1.29, 1.82) is 0 Å². The molecule has 4 rings (SSSR count). The van der Waals surface area contributed by atoms with Crippen LogP contribution in [0.25, 0.3) is 16.0 Å². The first-order chi connectivity index (χ1) is 16.9. The molecule has 1 N–H and O–H groups in total. The van der Waals surface area contributed by atoms with Crippen LogP contribution in [0.5, 0.6) is 0 Å². The molecule has 1 fully saturated rings. The van der Waals surface area contributed by atoms with Crippen molar-refractivity contribution in [3.63, 3.8) is 0 Å². The van der Waals surface area contributed by atoms with Crippen molar-refractivity contribution >= 4 is 45.6 Å². The molecule has 0 unspecified atom stereocenters. The molecule has 2 aromatic heterocycles. The minimum Gasteiger partial charge on any atom is -0.451 e. The normalized spacial score (nSPS) is 14.1. The van der Waals surface area contributed by atoms with Crippen LogP contribution in [0.1, 0.15) is 29.4 Å². The fourth-order valence-electron chi connectivity index (χ4n) is 3.96. The molecule has 3 heterocycles. The molecule has 35 heavy (non-hydrogen) atoms. The van der Waals surface area contributed by atoms with Crippen LogP contribution in [0, 0.1) is 0 Å². The van der Waals surface area contributed by atoms with Gasteiger partial charge in [-0.2, -0.15) is 0 Å². The van der Waals surface area contributed by atoms with Gasteiger partial charge < -0.3 is 24.6 Å². The molecule has 1 aliphatic heterocycles. The summed E-state index contributed by atoms with van der Waals surface area (Å²) in [5.41, 5.74) is 1.63. The first-order valence-corrected chi connectivity index (χ1v) is 12.3. The zero-order valence-electron chi connectivity index (χ0n) is 20.0. The van der Waals surface area contributed by atoms with E-state index in [1.54, 1.807) is 17.9 Å². The van der Waals surface area contributed by atoms with E-state index in [2.05, 4.69) is 10.3 Å². The van der Waals surface area contributed by atoms with Gasteiger partial charge in [-0.1, -0.05) is 18.2 Å². The summed E-state index contributed by atoms with van der Waals surface area (Å²) in [6.45, 7) is 2.76. The number of amides is 2. The topological polar surface area (TPSA) is 106 Å². The van der Waals surface area contributed by atoms with Crippen LogP contribution in [-0.4, -0.2) is 78.9 Å². The molecular weight excluding hydrogens is 470 g/mol. The summed E-state index contributed by atoms with van der Waals surface area (Å²) in [4.78, 5) is 46.2. The maximum absolute atomic E-state index is 12.7. The minimum absolute atomic E-state index is 0.0735. The summed E-state index contributed by atoms with van der Waals surface area (Å²) < 4.78 is 12.3. The highest BCUT2D eigenvalue weighted by Gasteiger charge is 2.25. The SMILES string of the molecule is CCOC(=O)N1CCC(NC(=O)COC(=O)c2cc3nc(N(C)C)n(-c4ccccc4)c3s2)CC1. The van der Waals surface area contributed by atoms with Crippen LogP contribution in [0.3, 0.4) is 0 Å². The molecule has 186 valence electrons. The Kier molecular flexibility index (Phi) is 7.54. The molecule has 0 radical (unpaired) electrons. The number of fused-ring (bicyclic) bond motifs is 1. The molecule has 2 amide bonds. The van der Waals surface area contributed by atoms with Gasteiger partial charge in [0.15, 0.2) is 6.61 Å². The number of piperidine rings is 1. The summed E-state index contributed by atoms with van der Waals surface area (Å²) in [6, 6.07) is 11.4. The van der Waals surface area contributed by atoms with Gasteiger partial charge in [-0.25, -0.2) is 14.6 Å². The number of nitrogens with zero attached hydrogens (tertiary/aromatic N) is 4. The van der Waals surface area contributed by atoms with Gasteiger partial charge in [0.1, 0.15) is 15.2 Å². The van der Waals surface area contributed by atoms with Gasteiger partial charge in [0.25, 0.3) is 5.91 Å². The predicted octanol–water partition coefficient (Wildman–Crippen LogP) is 3.05. The Bertz CT molecular complexity index is 1200. The zero-order chi connectivity index (χ0) is 24.9. The maximum atomic E-state index is 12.7. The molecular formula is C24H29N5O5S. The second-order valence-corrected chi connectivity index (χ2v) is 9.41. The Hall–Kier alpha value is -3.60. The molecule has 10 nitrogen and oxygen atoms in total. The van der Waals surface area contributed by atoms with E-state index in [-0.39, 0.29) is 24.6 Å². The lowest BCUT2D eigenvalue weighted by Crippen LogP contribution is -2.47. The number of imidazole rings is 1. The van der Waals surface area contributed by atoms with Crippen molar-refractivity contribution in [2.75, 3.05) is 45.3 Å². The van der Waals surface area contributed by atoms with Gasteiger partial charge in [-0.05, 0) is 38.0 Å². The third kappa shape index (κ3) is 5.56. The smallest absolute Gasteiger partial charge is 0.409 e. The monoisotopic (exact) mass is 499 g/mol. The number of hydrogen-bond acceptors (Lipinski definition) is 8. The largest absolute Gasteiger partial charge is 0.451 e. The number of aromatic nitrogens is 2. The van der Waals surface area contributed by atoms with Crippen molar-refractivity contribution in [2.24, 2.45) is 0 Å². The number of carbonyl (C=O) groups excluding carboxylic acids is 3. The fraction of sp³-hybridized carbons (Fsp3) is 0.417. The van der Waals surface area contributed by atoms with Gasteiger partial charge in [-0.3, -0.25) is 9.36 Å². The Morgan fingerprint density at radius 2 is 1.86 bits per heavy atom. The van der Waals surface area contributed by atoms with Gasteiger partial charge in [0.05, 0.1) is 6.61 Å². The second-order valence-electron chi connectivity index (χ2n) is 8.38. The molecule has 0 atom stereocenters. The standard InChI is InChI=1S/C24H29N5O5S/c1-4-33-24(32)28-12-10-16(11-13-28)25-20(30)15-34-22(31)19-14-18-21(35-19)29(23(26-18)27(2)3)17-8-6-5-7-9-17/h5-9,14,16H,4,10-13,15H2,1-3H3,(H,25,30). The minimum atomic E-state index is -0.564. The highest BCUT2D eigenvalue weighted by molar-refractivity contribution is 7.20. The van der Waals surface area contributed by atoms with Gasteiger partial charge in [0, 0.05) is 38.9 Å². The molecule has 0 saturated carbocycles. The highest BCUT2D eigenvalue weighted by Crippen LogP contribution is 2.33. The van der Waals surface area contributed by atoms with E-state index in [0.29, 0.717) is 42.9 Å². The number of hydrogen-bond donors (Lipinski definition) is 1. The first-order valence-electron chi connectivity index (χ1n) is 11.5. The van der Waals surface area contributed by atoms with Gasteiger partial charge >= 0.3 is 12.1 Å². The fourth-order valence-corrected chi connectivity index (χ4v) is 4.97. The zero-order valence-corrected chi connectivity index (χ0v) is 20.8. The number of ether oxygens (including phenoxy) is 2. The average molecular weight is 500 g/mol. The van der Waals surface area contributed by atoms with Crippen LogP contribution in [0.4, 0.5) is 10.7 Å². The summed E-state index contributed by atoms with van der Waals surface area (Å²) >= 11 is 1.28. The lowest BCUT2D eigenvalue weighted by molar-refractivity contribution is -0.125. The van der Waals surface area contributed by atoms with Crippen LogP contribution in [0.15, 0.2) is 36.4 Å². The number of nitrogens with one attached hydrogen (secondary N) is 1. The van der Waals surface area contributed by atoms with Crippen LogP contribution >= 0.6 is 11.3 Å². The summed E-state index contributed by atoms with van der Waals surface area (Å²) in [5, 5.41) is 2.88. The summed E-state index contributed by atoms with van der Waals surface area (Å²) in [6.07, 6.45) is 0.914. The Balaban J connectivity index is 1.35. The molecule has 1 saturated heterocycles. The van der Waals surface area contributed by atoms with E-state index in [4.69, 9.17) is 9.47 Å². The molecule has 3 aromatic rings. The second kappa shape index (κ2) is 10.8. The van der Waals surface area contributed by atoms with Crippen molar-refractivity contribution in [3.8, 4) is 5.69 Å². The van der Waals surface area contributed by atoms with E-state index < -0.39 is 5.97 Å². The number of benzene rings is 1. The number of esters is 1.